The Labute approximate surface area is 170 Å². The molecule has 0 saturated heterocycles. The molecule has 0 aliphatic carbocycles. The lowest BCUT2D eigenvalue weighted by atomic mass is 10.2. The second kappa shape index (κ2) is 10.4. The molecular weight excluding hydrogens is 392 g/mol. The van der Waals surface area contributed by atoms with E-state index in [1.54, 1.807) is 54.6 Å². The first-order valence-electron chi connectivity index (χ1n) is 9.11. The Morgan fingerprint density at radius 2 is 1.62 bits per heavy atom. The Balaban J connectivity index is 1.89. The van der Waals surface area contributed by atoms with E-state index in [4.69, 9.17) is 4.74 Å². The lowest BCUT2D eigenvalue weighted by Gasteiger charge is -2.06. The first-order valence-corrected chi connectivity index (χ1v) is 11.0. The third kappa shape index (κ3) is 8.18. The molecule has 0 spiro atoms. The topological polar surface area (TPSA) is 102 Å². The fourth-order valence-electron chi connectivity index (χ4n) is 2.31. The molecule has 0 radical (unpaired) electrons. The molecule has 0 aromatic heterocycles. The van der Waals surface area contributed by atoms with Crippen molar-refractivity contribution in [1.29, 1.82) is 0 Å². The number of unbranched alkanes of at least 4 members (excludes halogenated alkanes) is 1. The van der Waals surface area contributed by atoms with E-state index in [-0.39, 0.29) is 11.9 Å². The molecule has 0 heterocycles. The molecule has 0 saturated carbocycles. The van der Waals surface area contributed by atoms with E-state index in [1.165, 1.54) is 6.08 Å². The number of rotatable bonds is 9. The molecule has 2 rings (SSSR count). The van der Waals surface area contributed by atoms with Crippen molar-refractivity contribution in [3.63, 3.8) is 0 Å². The molecule has 2 aromatic carbocycles. The third-order valence-corrected chi connectivity index (χ3v) is 4.37. The van der Waals surface area contributed by atoms with Crippen molar-refractivity contribution < 1.29 is 22.7 Å². The highest BCUT2D eigenvalue weighted by Gasteiger charge is 2.07. The Kier molecular flexibility index (Phi) is 7.97. The van der Waals surface area contributed by atoms with Crippen LogP contribution in [0.4, 0.5) is 11.4 Å². The van der Waals surface area contributed by atoms with Crippen molar-refractivity contribution in [2.24, 2.45) is 0 Å². The summed E-state index contributed by atoms with van der Waals surface area (Å²) in [5.41, 5.74) is 2.17. The van der Waals surface area contributed by atoms with E-state index >= 15 is 0 Å². The van der Waals surface area contributed by atoms with Crippen LogP contribution < -0.4 is 10.0 Å². The van der Waals surface area contributed by atoms with Crippen LogP contribution in [0, 0.1) is 0 Å². The number of esters is 1. The van der Waals surface area contributed by atoms with Gasteiger partial charge in [0.2, 0.25) is 15.9 Å². The molecule has 0 unspecified atom stereocenters. The maximum Gasteiger partial charge on any atom is 0.338 e. The zero-order chi connectivity index (χ0) is 21.3. The number of benzene rings is 2. The van der Waals surface area contributed by atoms with Crippen LogP contribution in [0.2, 0.25) is 0 Å². The van der Waals surface area contributed by atoms with Crippen LogP contribution in [0.5, 0.6) is 0 Å². The minimum absolute atomic E-state index is 0.332. The van der Waals surface area contributed by atoms with Gasteiger partial charge in [0, 0.05) is 17.5 Å². The SMILES string of the molecule is CCCCOC(=O)c1ccc(NC(=O)/C=C/c2ccc(NS(C)(=O)=O)cc2)cc1. The summed E-state index contributed by atoms with van der Waals surface area (Å²) in [4.78, 5) is 23.9. The molecule has 29 heavy (non-hydrogen) atoms. The maximum absolute atomic E-state index is 12.1. The lowest BCUT2D eigenvalue weighted by molar-refractivity contribution is -0.111. The van der Waals surface area contributed by atoms with Crippen LogP contribution in [0.1, 0.15) is 35.7 Å². The van der Waals surface area contributed by atoms with Crippen LogP contribution >= 0.6 is 0 Å². The van der Waals surface area contributed by atoms with Crippen molar-refractivity contribution >= 4 is 39.4 Å². The highest BCUT2D eigenvalue weighted by atomic mass is 32.2. The van der Waals surface area contributed by atoms with Crippen LogP contribution in [0.25, 0.3) is 6.08 Å². The standard InChI is InChI=1S/C21H24N2O5S/c1-3-4-15-28-21(25)17-8-12-18(13-9-17)22-20(24)14-7-16-5-10-19(11-6-16)23-29(2,26)27/h5-14,23H,3-4,15H2,1-2H3,(H,22,24)/b14-7+. The zero-order valence-electron chi connectivity index (χ0n) is 16.3. The molecule has 154 valence electrons. The average Bonchev–Trinajstić information content (AvgIpc) is 2.67. The van der Waals surface area contributed by atoms with Gasteiger partial charge in [-0.25, -0.2) is 13.2 Å². The van der Waals surface area contributed by atoms with E-state index in [9.17, 15) is 18.0 Å². The normalized spacial score (nSPS) is 11.2. The van der Waals surface area contributed by atoms with Crippen molar-refractivity contribution in [3.8, 4) is 0 Å². The van der Waals surface area contributed by atoms with Crippen LogP contribution in [-0.2, 0) is 19.6 Å². The van der Waals surface area contributed by atoms with Gasteiger partial charge in [0.1, 0.15) is 0 Å². The number of anilines is 2. The highest BCUT2D eigenvalue weighted by molar-refractivity contribution is 7.92. The van der Waals surface area contributed by atoms with Gasteiger partial charge in [0.15, 0.2) is 0 Å². The third-order valence-electron chi connectivity index (χ3n) is 3.76. The van der Waals surface area contributed by atoms with E-state index in [1.807, 2.05) is 6.92 Å². The molecule has 7 nitrogen and oxygen atoms in total. The minimum Gasteiger partial charge on any atom is -0.462 e. The van der Waals surface area contributed by atoms with Gasteiger partial charge in [-0.05, 0) is 54.5 Å². The van der Waals surface area contributed by atoms with E-state index in [0.29, 0.717) is 23.5 Å². The molecule has 0 aliphatic heterocycles. The zero-order valence-corrected chi connectivity index (χ0v) is 17.2. The van der Waals surface area contributed by atoms with Gasteiger partial charge in [0.05, 0.1) is 18.4 Å². The summed E-state index contributed by atoms with van der Waals surface area (Å²) in [6.45, 7) is 2.41. The Bertz CT molecular complexity index is 965. The Morgan fingerprint density at radius 3 is 2.21 bits per heavy atom. The van der Waals surface area contributed by atoms with Gasteiger partial charge >= 0.3 is 5.97 Å². The fraction of sp³-hybridized carbons (Fsp3) is 0.238. The quantitative estimate of drug-likeness (QED) is 0.369. The Hall–Kier alpha value is -3.13. The molecule has 0 bridgehead atoms. The smallest absolute Gasteiger partial charge is 0.338 e. The van der Waals surface area contributed by atoms with Crippen LogP contribution in [-0.4, -0.2) is 33.2 Å². The summed E-state index contributed by atoms with van der Waals surface area (Å²) in [6.07, 6.45) is 5.83. The van der Waals surface area contributed by atoms with Crippen molar-refractivity contribution in [2.45, 2.75) is 19.8 Å². The average molecular weight is 416 g/mol. The number of hydrogen-bond donors (Lipinski definition) is 2. The number of carbonyl (C=O) groups is 2. The molecule has 0 atom stereocenters. The number of nitrogens with one attached hydrogen (secondary N) is 2. The van der Waals surface area contributed by atoms with Crippen molar-refractivity contribution in [2.75, 3.05) is 22.9 Å². The predicted octanol–water partition coefficient (Wildman–Crippen LogP) is 3.67. The number of amides is 1. The molecule has 0 fully saturated rings. The van der Waals surface area contributed by atoms with E-state index in [0.717, 1.165) is 24.7 Å². The number of hydrogen-bond acceptors (Lipinski definition) is 5. The Morgan fingerprint density at radius 1 is 1.00 bits per heavy atom. The number of carbonyl (C=O) groups excluding carboxylic acids is 2. The molecule has 0 aliphatic rings. The summed E-state index contributed by atoms with van der Waals surface area (Å²) in [7, 11) is -3.33. The van der Waals surface area contributed by atoms with Gasteiger partial charge < -0.3 is 10.1 Å². The van der Waals surface area contributed by atoms with Crippen molar-refractivity contribution in [3.05, 3.63) is 65.7 Å². The second-order valence-electron chi connectivity index (χ2n) is 6.39. The monoisotopic (exact) mass is 416 g/mol. The number of ether oxygens (including phenoxy) is 1. The fourth-order valence-corrected chi connectivity index (χ4v) is 2.88. The van der Waals surface area contributed by atoms with Crippen LogP contribution in [0.15, 0.2) is 54.6 Å². The first kappa shape index (κ1) is 22.2. The first-order chi connectivity index (χ1) is 13.8. The maximum atomic E-state index is 12.1. The highest BCUT2D eigenvalue weighted by Crippen LogP contribution is 2.13. The molecule has 8 heteroatoms. The summed E-state index contributed by atoms with van der Waals surface area (Å²) in [5.74, 6) is -0.716. The molecule has 2 N–H and O–H groups in total. The minimum atomic E-state index is -3.33. The second-order valence-corrected chi connectivity index (χ2v) is 8.13. The van der Waals surface area contributed by atoms with Crippen molar-refractivity contribution in [1.82, 2.24) is 0 Å². The number of sulfonamides is 1. The lowest BCUT2D eigenvalue weighted by Crippen LogP contribution is -2.09. The van der Waals surface area contributed by atoms with Gasteiger partial charge in [-0.3, -0.25) is 9.52 Å². The summed E-state index contributed by atoms with van der Waals surface area (Å²) < 4.78 is 29.9. The van der Waals surface area contributed by atoms with Gasteiger partial charge in [-0.15, -0.1) is 0 Å². The van der Waals surface area contributed by atoms with Gasteiger partial charge in [-0.1, -0.05) is 25.5 Å². The van der Waals surface area contributed by atoms with E-state index in [2.05, 4.69) is 10.0 Å². The molecule has 1 amide bonds. The largest absolute Gasteiger partial charge is 0.462 e. The molecular formula is C21H24N2O5S. The van der Waals surface area contributed by atoms with Crippen LogP contribution in [0.3, 0.4) is 0 Å². The van der Waals surface area contributed by atoms with Gasteiger partial charge in [-0.2, -0.15) is 0 Å². The van der Waals surface area contributed by atoms with E-state index < -0.39 is 10.0 Å². The molecule has 2 aromatic rings. The summed E-state index contributed by atoms with van der Waals surface area (Å²) in [5, 5.41) is 2.70. The van der Waals surface area contributed by atoms with Gasteiger partial charge in [0.25, 0.3) is 0 Å². The summed E-state index contributed by atoms with van der Waals surface area (Å²) >= 11 is 0. The predicted molar refractivity (Wildman–Crippen MR) is 114 cm³/mol. The summed E-state index contributed by atoms with van der Waals surface area (Å²) in [6, 6.07) is 13.1.